The highest BCUT2D eigenvalue weighted by atomic mass is 15.2. The van der Waals surface area contributed by atoms with Crippen LogP contribution in [0.15, 0.2) is 0 Å². The van der Waals surface area contributed by atoms with Crippen LogP contribution >= 0.6 is 0 Å². The quantitative estimate of drug-likeness (QED) is 0.546. The number of hydrogen-bond donors (Lipinski definition) is 0. The molecular weight excluding hydrogens is 110 g/mol. The van der Waals surface area contributed by atoms with Crippen molar-refractivity contribution >= 4 is 0 Å². The molecule has 1 heterocycles. The van der Waals surface area contributed by atoms with Gasteiger partial charge in [-0.2, -0.15) is 0 Å². The Hall–Kier alpha value is -0.0400. The van der Waals surface area contributed by atoms with Crippen molar-refractivity contribution in [3.8, 4) is 0 Å². The third-order valence-electron chi connectivity index (χ3n) is 2.38. The van der Waals surface area contributed by atoms with Crippen LogP contribution in [0.3, 0.4) is 0 Å². The normalized spacial score (nSPS) is 36.3. The molecule has 1 rings (SSSR count). The van der Waals surface area contributed by atoms with Gasteiger partial charge >= 0.3 is 0 Å². The van der Waals surface area contributed by atoms with Crippen molar-refractivity contribution in [3.63, 3.8) is 0 Å². The van der Waals surface area contributed by atoms with Crippen LogP contribution in [0.2, 0.25) is 0 Å². The molecule has 1 aliphatic heterocycles. The maximum atomic E-state index is 2.45. The molecule has 0 aliphatic carbocycles. The predicted molar refractivity (Wildman–Crippen MR) is 40.5 cm³/mol. The van der Waals surface area contributed by atoms with E-state index >= 15 is 0 Å². The van der Waals surface area contributed by atoms with Gasteiger partial charge in [0.05, 0.1) is 0 Å². The maximum absolute atomic E-state index is 2.45. The van der Waals surface area contributed by atoms with Crippen molar-refractivity contribution in [3.05, 3.63) is 0 Å². The molecule has 0 bridgehead atoms. The minimum Gasteiger partial charge on any atom is -0.303 e. The summed E-state index contributed by atoms with van der Waals surface area (Å²) >= 11 is 0. The Balaban J connectivity index is 2.22. The smallest absolute Gasteiger partial charge is 0.0130 e. The summed E-state index contributed by atoms with van der Waals surface area (Å²) < 4.78 is 0. The van der Waals surface area contributed by atoms with E-state index in [0.29, 0.717) is 0 Å². The summed E-state index contributed by atoms with van der Waals surface area (Å²) in [4.78, 5) is 2.45. The fourth-order valence-corrected chi connectivity index (χ4v) is 1.81. The van der Waals surface area contributed by atoms with E-state index in [-0.39, 0.29) is 0 Å². The van der Waals surface area contributed by atoms with Crippen molar-refractivity contribution in [2.45, 2.75) is 32.7 Å². The van der Waals surface area contributed by atoms with Crippen LogP contribution in [0.1, 0.15) is 26.7 Å². The van der Waals surface area contributed by atoms with Gasteiger partial charge in [-0.3, -0.25) is 0 Å². The largest absolute Gasteiger partial charge is 0.303 e. The zero-order chi connectivity index (χ0) is 6.85. The van der Waals surface area contributed by atoms with Crippen molar-refractivity contribution in [2.75, 3.05) is 13.6 Å². The number of hydrogen-bond acceptors (Lipinski definition) is 1. The van der Waals surface area contributed by atoms with Crippen molar-refractivity contribution in [1.29, 1.82) is 0 Å². The lowest BCUT2D eigenvalue weighted by atomic mass is 9.88. The molecule has 0 amide bonds. The first kappa shape index (κ1) is 7.07. The molecule has 0 aromatic heterocycles. The van der Waals surface area contributed by atoms with Gasteiger partial charge in [-0.1, -0.05) is 20.3 Å². The van der Waals surface area contributed by atoms with Crippen molar-refractivity contribution < 1.29 is 0 Å². The van der Waals surface area contributed by atoms with Crippen molar-refractivity contribution in [2.24, 2.45) is 5.92 Å². The van der Waals surface area contributed by atoms with Crippen LogP contribution in [0, 0.1) is 5.92 Å². The van der Waals surface area contributed by atoms with E-state index in [1.807, 2.05) is 0 Å². The predicted octanol–water partition coefficient (Wildman–Crippen LogP) is 1.74. The Morgan fingerprint density at radius 1 is 1.56 bits per heavy atom. The summed E-state index contributed by atoms with van der Waals surface area (Å²) in [5, 5.41) is 0. The molecular formula is C8H17N. The summed E-state index contributed by atoms with van der Waals surface area (Å²) in [5.74, 6) is 0.954. The molecule has 0 aromatic carbocycles. The molecule has 2 atom stereocenters. The second-order valence-corrected chi connectivity index (χ2v) is 3.27. The van der Waals surface area contributed by atoms with Crippen LogP contribution in [0.4, 0.5) is 0 Å². The van der Waals surface area contributed by atoms with E-state index in [9.17, 15) is 0 Å². The van der Waals surface area contributed by atoms with E-state index in [4.69, 9.17) is 0 Å². The average Bonchev–Trinajstić information content (AvgIpc) is 1.84. The summed E-state index contributed by atoms with van der Waals surface area (Å²) in [6, 6.07) is 0.898. The summed E-state index contributed by atoms with van der Waals surface area (Å²) in [7, 11) is 2.22. The zero-order valence-electron chi connectivity index (χ0n) is 6.72. The highest BCUT2D eigenvalue weighted by Crippen LogP contribution is 2.25. The lowest BCUT2D eigenvalue weighted by Crippen LogP contribution is -2.52. The molecule has 2 unspecified atom stereocenters. The lowest BCUT2D eigenvalue weighted by Gasteiger charge is -2.44. The first-order valence-electron chi connectivity index (χ1n) is 3.96. The molecule has 1 fully saturated rings. The van der Waals surface area contributed by atoms with Crippen LogP contribution in [-0.4, -0.2) is 24.5 Å². The Kier molecular flexibility index (Phi) is 2.12. The average molecular weight is 127 g/mol. The van der Waals surface area contributed by atoms with Gasteiger partial charge in [-0.05, 0) is 19.4 Å². The molecule has 1 heteroatoms. The van der Waals surface area contributed by atoms with Gasteiger partial charge in [0.15, 0.2) is 0 Å². The Bertz CT molecular complexity index is 82.6. The van der Waals surface area contributed by atoms with Crippen LogP contribution in [-0.2, 0) is 0 Å². The fourth-order valence-electron chi connectivity index (χ4n) is 1.81. The second kappa shape index (κ2) is 2.70. The van der Waals surface area contributed by atoms with Crippen LogP contribution < -0.4 is 0 Å². The molecule has 0 radical (unpaired) electrons. The van der Waals surface area contributed by atoms with Gasteiger partial charge in [-0.25, -0.2) is 0 Å². The monoisotopic (exact) mass is 127 g/mol. The molecule has 54 valence electrons. The van der Waals surface area contributed by atoms with Gasteiger partial charge in [-0.15, -0.1) is 0 Å². The van der Waals surface area contributed by atoms with Crippen LogP contribution in [0.5, 0.6) is 0 Å². The van der Waals surface area contributed by atoms with Crippen molar-refractivity contribution in [1.82, 2.24) is 4.90 Å². The SMILES string of the molecule is CCCC1C(C)CN1C. The highest BCUT2D eigenvalue weighted by molar-refractivity contribution is 4.85. The first-order chi connectivity index (χ1) is 4.25. The van der Waals surface area contributed by atoms with E-state index in [1.54, 1.807) is 0 Å². The first-order valence-corrected chi connectivity index (χ1v) is 3.96. The number of likely N-dealkylation sites (tertiary alicyclic amines) is 1. The zero-order valence-corrected chi connectivity index (χ0v) is 6.72. The Morgan fingerprint density at radius 2 is 2.22 bits per heavy atom. The maximum Gasteiger partial charge on any atom is 0.0130 e. The van der Waals surface area contributed by atoms with E-state index < -0.39 is 0 Å². The number of nitrogens with zero attached hydrogens (tertiary/aromatic N) is 1. The summed E-state index contributed by atoms with van der Waals surface area (Å²) in [6.45, 7) is 5.92. The minimum atomic E-state index is 0.898. The molecule has 9 heavy (non-hydrogen) atoms. The second-order valence-electron chi connectivity index (χ2n) is 3.27. The van der Waals surface area contributed by atoms with Gasteiger partial charge in [0.2, 0.25) is 0 Å². The Morgan fingerprint density at radius 3 is 2.44 bits per heavy atom. The standard InChI is InChI=1S/C8H17N/c1-4-5-8-7(2)6-9(8)3/h7-8H,4-6H2,1-3H3. The van der Waals surface area contributed by atoms with Gasteiger partial charge in [0.1, 0.15) is 0 Å². The molecule has 1 aliphatic rings. The fraction of sp³-hybridized carbons (Fsp3) is 1.00. The van der Waals surface area contributed by atoms with Gasteiger partial charge < -0.3 is 4.90 Å². The molecule has 0 saturated carbocycles. The molecule has 0 aromatic rings. The lowest BCUT2D eigenvalue weighted by molar-refractivity contribution is 0.0468. The third kappa shape index (κ3) is 1.26. The summed E-state index contributed by atoms with van der Waals surface area (Å²) in [6.07, 6.45) is 2.72. The summed E-state index contributed by atoms with van der Waals surface area (Å²) in [5.41, 5.74) is 0. The molecule has 0 N–H and O–H groups in total. The topological polar surface area (TPSA) is 3.24 Å². The van der Waals surface area contributed by atoms with E-state index in [2.05, 4.69) is 25.8 Å². The van der Waals surface area contributed by atoms with Gasteiger partial charge in [0, 0.05) is 12.6 Å². The molecule has 1 nitrogen and oxygen atoms in total. The van der Waals surface area contributed by atoms with E-state index in [1.165, 1.54) is 19.4 Å². The third-order valence-corrected chi connectivity index (χ3v) is 2.38. The highest BCUT2D eigenvalue weighted by Gasteiger charge is 2.30. The Labute approximate surface area is 58.0 Å². The van der Waals surface area contributed by atoms with E-state index in [0.717, 1.165) is 12.0 Å². The number of rotatable bonds is 2. The van der Waals surface area contributed by atoms with Gasteiger partial charge in [0.25, 0.3) is 0 Å². The van der Waals surface area contributed by atoms with Crippen LogP contribution in [0.25, 0.3) is 0 Å². The molecule has 0 spiro atoms. The molecule has 1 saturated heterocycles. The minimum absolute atomic E-state index is 0.898.